The Morgan fingerprint density at radius 2 is 2.03 bits per heavy atom. The van der Waals surface area contributed by atoms with Crippen molar-refractivity contribution in [2.75, 3.05) is 18.5 Å². The lowest BCUT2D eigenvalue weighted by atomic mass is 9.72. The van der Waals surface area contributed by atoms with E-state index in [-0.39, 0.29) is 18.2 Å². The van der Waals surface area contributed by atoms with Crippen LogP contribution in [0.25, 0.3) is 0 Å². The molecule has 2 aromatic rings. The van der Waals surface area contributed by atoms with Gasteiger partial charge in [-0.1, -0.05) is 18.2 Å². The van der Waals surface area contributed by atoms with Crippen molar-refractivity contribution in [3.05, 3.63) is 52.7 Å². The number of hydrogen-bond acceptors (Lipinski definition) is 5. The van der Waals surface area contributed by atoms with E-state index in [1.165, 1.54) is 5.56 Å². The molecule has 2 aliphatic heterocycles. The summed E-state index contributed by atoms with van der Waals surface area (Å²) >= 11 is 0. The van der Waals surface area contributed by atoms with E-state index >= 15 is 0 Å². The van der Waals surface area contributed by atoms with Gasteiger partial charge in [-0.25, -0.2) is 4.98 Å². The van der Waals surface area contributed by atoms with Crippen molar-refractivity contribution < 1.29 is 19.4 Å². The molecule has 1 aliphatic carbocycles. The minimum atomic E-state index is -0.930. The van der Waals surface area contributed by atoms with Gasteiger partial charge in [0.1, 0.15) is 11.6 Å². The number of nitrogens with zero attached hydrogens (tertiary/aromatic N) is 1. The highest BCUT2D eigenvalue weighted by molar-refractivity contribution is 5.81. The van der Waals surface area contributed by atoms with E-state index in [0.717, 1.165) is 79.9 Å². The van der Waals surface area contributed by atoms with Crippen LogP contribution in [-0.4, -0.2) is 35.1 Å². The highest BCUT2D eigenvalue weighted by Crippen LogP contribution is 2.38. The number of pyridine rings is 1. The topological polar surface area (TPSA) is 101 Å². The normalized spacial score (nSPS) is 21.6. The van der Waals surface area contributed by atoms with E-state index in [1.807, 2.05) is 18.2 Å². The van der Waals surface area contributed by atoms with Gasteiger partial charge < -0.3 is 20.5 Å². The number of ether oxygens (including phenoxy) is 1. The summed E-state index contributed by atoms with van der Waals surface area (Å²) in [6.45, 7) is 1.64. The van der Waals surface area contributed by atoms with Crippen molar-refractivity contribution in [2.45, 2.75) is 57.4 Å². The smallest absolute Gasteiger partial charge is 0.305 e. The first kappa shape index (κ1) is 21.7. The van der Waals surface area contributed by atoms with E-state index in [4.69, 9.17) is 9.72 Å². The number of anilines is 1. The summed E-state index contributed by atoms with van der Waals surface area (Å²) in [5, 5.41) is 15.7. The number of aromatic nitrogens is 1. The Morgan fingerprint density at radius 1 is 1.18 bits per heavy atom. The number of fused-ring (bicyclic) bond motifs is 2. The highest BCUT2D eigenvalue weighted by Gasteiger charge is 2.35. The molecule has 0 spiro atoms. The number of benzene rings is 1. The number of nitrogens with one attached hydrogen (secondary N) is 2. The zero-order valence-corrected chi connectivity index (χ0v) is 18.8. The molecule has 1 saturated carbocycles. The molecule has 7 nitrogen and oxygen atoms in total. The van der Waals surface area contributed by atoms with E-state index in [2.05, 4.69) is 22.8 Å². The Morgan fingerprint density at radius 3 is 2.88 bits per heavy atom. The number of carbonyl (C=O) groups excluding carboxylic acids is 1. The molecule has 174 valence electrons. The molecule has 33 heavy (non-hydrogen) atoms. The molecule has 1 atom stereocenters. The summed E-state index contributed by atoms with van der Waals surface area (Å²) in [4.78, 5) is 29.0. The lowest BCUT2D eigenvalue weighted by Gasteiger charge is -2.35. The fourth-order valence-corrected chi connectivity index (χ4v) is 5.16. The molecule has 0 unspecified atom stereocenters. The molecule has 1 amide bonds. The van der Waals surface area contributed by atoms with Gasteiger partial charge in [-0.05, 0) is 73.3 Å². The van der Waals surface area contributed by atoms with Gasteiger partial charge in [0.2, 0.25) is 5.91 Å². The molecule has 5 rings (SSSR count). The SMILES string of the molecule is O=C(O)C[C@H](NC(=O)[C@H]1C[C@H](CCc2ccc3c(n2)NCCC3)C1)c1ccc2c(c1)OCC2. The van der Waals surface area contributed by atoms with Crippen LogP contribution in [-0.2, 0) is 28.9 Å². The van der Waals surface area contributed by atoms with Gasteiger partial charge in [-0.3, -0.25) is 9.59 Å². The van der Waals surface area contributed by atoms with Crippen LogP contribution < -0.4 is 15.4 Å². The molecule has 0 bridgehead atoms. The Hall–Kier alpha value is -3.09. The fraction of sp³-hybridized carbons (Fsp3) is 0.500. The van der Waals surface area contributed by atoms with Crippen molar-refractivity contribution in [2.24, 2.45) is 11.8 Å². The second-order valence-corrected chi connectivity index (χ2v) is 9.54. The standard InChI is InChI=1S/C26H31N3O4/c30-24(31)15-22(19-5-4-17-9-11-33-23(17)14-19)29-26(32)20-12-16(13-20)3-7-21-8-6-18-2-1-10-27-25(18)28-21/h4-6,8,14,16,20,22H,1-3,7,9-13,15H2,(H,27,28)(H,29,32)(H,30,31)/t16-,20-,22-/m0/s1. The second-order valence-electron chi connectivity index (χ2n) is 9.54. The van der Waals surface area contributed by atoms with Crippen LogP contribution in [0.4, 0.5) is 5.82 Å². The summed E-state index contributed by atoms with van der Waals surface area (Å²) in [5.74, 6) is 1.32. The average Bonchev–Trinajstić information content (AvgIpc) is 3.25. The lowest BCUT2D eigenvalue weighted by Crippen LogP contribution is -2.41. The quantitative estimate of drug-likeness (QED) is 0.569. The zero-order chi connectivity index (χ0) is 22.8. The van der Waals surface area contributed by atoms with Crippen molar-refractivity contribution in [1.29, 1.82) is 0 Å². The van der Waals surface area contributed by atoms with Crippen LogP contribution >= 0.6 is 0 Å². The molecule has 3 N–H and O–H groups in total. The van der Waals surface area contributed by atoms with E-state index in [0.29, 0.717) is 12.5 Å². The Bertz CT molecular complexity index is 1050. The third-order valence-corrected chi connectivity index (χ3v) is 7.18. The van der Waals surface area contributed by atoms with Crippen LogP contribution in [0.5, 0.6) is 5.75 Å². The number of amides is 1. The number of carbonyl (C=O) groups is 2. The molecule has 7 heteroatoms. The predicted octanol–water partition coefficient (Wildman–Crippen LogP) is 3.67. The maximum absolute atomic E-state index is 12.8. The van der Waals surface area contributed by atoms with Crippen LogP contribution in [0.1, 0.15) is 60.5 Å². The summed E-state index contributed by atoms with van der Waals surface area (Å²) in [7, 11) is 0. The number of aliphatic carboxylic acids is 1. The Labute approximate surface area is 193 Å². The van der Waals surface area contributed by atoms with Crippen LogP contribution in [0.2, 0.25) is 0 Å². The lowest BCUT2D eigenvalue weighted by molar-refractivity contribution is -0.138. The second kappa shape index (κ2) is 9.41. The van der Waals surface area contributed by atoms with Crippen molar-refractivity contribution >= 4 is 17.7 Å². The first-order valence-corrected chi connectivity index (χ1v) is 12.1. The Balaban J connectivity index is 1.13. The van der Waals surface area contributed by atoms with Crippen molar-refractivity contribution in [1.82, 2.24) is 10.3 Å². The first-order valence-electron chi connectivity index (χ1n) is 12.1. The molecular formula is C26H31N3O4. The van der Waals surface area contributed by atoms with Crippen LogP contribution in [0.15, 0.2) is 30.3 Å². The molecule has 3 aliphatic rings. The number of rotatable bonds is 8. The van der Waals surface area contributed by atoms with Gasteiger partial charge in [-0.15, -0.1) is 0 Å². The number of carboxylic acids is 1. The first-order chi connectivity index (χ1) is 16.0. The third-order valence-electron chi connectivity index (χ3n) is 7.18. The summed E-state index contributed by atoms with van der Waals surface area (Å²) in [6.07, 6.45) is 6.62. The largest absolute Gasteiger partial charge is 0.493 e. The van der Waals surface area contributed by atoms with E-state index < -0.39 is 12.0 Å². The monoisotopic (exact) mass is 449 g/mol. The van der Waals surface area contributed by atoms with Gasteiger partial charge in [-0.2, -0.15) is 0 Å². The minimum Gasteiger partial charge on any atom is -0.493 e. The van der Waals surface area contributed by atoms with Crippen molar-refractivity contribution in [3.8, 4) is 5.75 Å². The molecule has 1 aromatic carbocycles. The van der Waals surface area contributed by atoms with Crippen LogP contribution in [0.3, 0.4) is 0 Å². The van der Waals surface area contributed by atoms with Gasteiger partial charge in [0, 0.05) is 24.6 Å². The highest BCUT2D eigenvalue weighted by atomic mass is 16.5. The van der Waals surface area contributed by atoms with Gasteiger partial charge >= 0.3 is 5.97 Å². The Kier molecular flexibility index (Phi) is 6.20. The average molecular weight is 450 g/mol. The summed E-state index contributed by atoms with van der Waals surface area (Å²) in [5.41, 5.74) is 4.33. The predicted molar refractivity (Wildman–Crippen MR) is 124 cm³/mol. The van der Waals surface area contributed by atoms with Gasteiger partial charge in [0.25, 0.3) is 0 Å². The maximum atomic E-state index is 12.8. The minimum absolute atomic E-state index is 0.0462. The van der Waals surface area contributed by atoms with Crippen molar-refractivity contribution in [3.63, 3.8) is 0 Å². The fourth-order valence-electron chi connectivity index (χ4n) is 5.16. The third kappa shape index (κ3) is 4.97. The number of hydrogen-bond donors (Lipinski definition) is 3. The van der Waals surface area contributed by atoms with Crippen LogP contribution in [0, 0.1) is 11.8 Å². The summed E-state index contributed by atoms with van der Waals surface area (Å²) in [6, 6.07) is 9.53. The van der Waals surface area contributed by atoms with E-state index in [1.54, 1.807) is 0 Å². The van der Waals surface area contributed by atoms with E-state index in [9.17, 15) is 14.7 Å². The molecular weight excluding hydrogens is 418 g/mol. The number of carboxylic acid groups (broad SMARTS) is 1. The number of aryl methyl sites for hydroxylation is 2. The molecule has 1 aromatic heterocycles. The molecule has 3 heterocycles. The zero-order valence-electron chi connectivity index (χ0n) is 18.8. The molecule has 0 radical (unpaired) electrons. The van der Waals surface area contributed by atoms with Gasteiger partial charge in [0.05, 0.1) is 19.1 Å². The summed E-state index contributed by atoms with van der Waals surface area (Å²) < 4.78 is 5.62. The maximum Gasteiger partial charge on any atom is 0.305 e. The molecule has 0 saturated heterocycles. The van der Waals surface area contributed by atoms with Gasteiger partial charge in [0.15, 0.2) is 0 Å². The molecule has 1 fully saturated rings.